The zero-order chi connectivity index (χ0) is 16.9. The lowest BCUT2D eigenvalue weighted by Gasteiger charge is -2.21. The van der Waals surface area contributed by atoms with Gasteiger partial charge in [-0.25, -0.2) is 0 Å². The van der Waals surface area contributed by atoms with Gasteiger partial charge in [-0.1, -0.05) is 6.07 Å². The van der Waals surface area contributed by atoms with E-state index in [1.165, 1.54) is 0 Å². The normalized spacial score (nSPS) is 17.5. The van der Waals surface area contributed by atoms with Crippen molar-refractivity contribution in [2.45, 2.75) is 38.6 Å². The number of hydrogen-bond donors (Lipinski definition) is 2. The second-order valence-corrected chi connectivity index (χ2v) is 6.43. The van der Waals surface area contributed by atoms with Crippen LogP contribution in [-0.4, -0.2) is 49.0 Å². The van der Waals surface area contributed by atoms with Gasteiger partial charge in [0.05, 0.1) is 5.69 Å². The second kappa shape index (κ2) is 7.55. The molecule has 1 aromatic carbocycles. The van der Waals surface area contributed by atoms with E-state index < -0.39 is 6.04 Å². The summed E-state index contributed by atoms with van der Waals surface area (Å²) in [5.41, 5.74) is 2.06. The molecule has 2 heterocycles. The van der Waals surface area contributed by atoms with E-state index in [4.69, 9.17) is 4.74 Å². The maximum Gasteiger partial charge on any atom is 0.244 e. The van der Waals surface area contributed by atoms with E-state index in [9.17, 15) is 9.59 Å². The van der Waals surface area contributed by atoms with Crippen LogP contribution in [0, 0.1) is 0 Å². The van der Waals surface area contributed by atoms with E-state index in [-0.39, 0.29) is 11.8 Å². The molecule has 1 aromatic rings. The van der Waals surface area contributed by atoms with Gasteiger partial charge in [-0.05, 0) is 43.9 Å². The summed E-state index contributed by atoms with van der Waals surface area (Å²) in [5, 5.41) is 6.09. The Balaban J connectivity index is 1.47. The highest BCUT2D eigenvalue weighted by molar-refractivity contribution is 5.87. The number of carbonyl (C=O) groups is 2. The Morgan fingerprint density at radius 2 is 2.12 bits per heavy atom. The number of aryl methyl sites for hydroxylation is 1. The van der Waals surface area contributed by atoms with Crippen molar-refractivity contribution in [3.63, 3.8) is 0 Å². The van der Waals surface area contributed by atoms with Crippen molar-refractivity contribution in [2.24, 2.45) is 0 Å². The van der Waals surface area contributed by atoms with Crippen LogP contribution < -0.4 is 15.4 Å². The van der Waals surface area contributed by atoms with Gasteiger partial charge in [0.15, 0.2) is 0 Å². The monoisotopic (exact) mass is 331 g/mol. The molecule has 6 heteroatoms. The van der Waals surface area contributed by atoms with Crippen LogP contribution in [0.1, 0.15) is 31.7 Å². The highest BCUT2D eigenvalue weighted by Gasteiger charge is 2.24. The molecular formula is C18H25N3O3. The lowest BCUT2D eigenvalue weighted by Crippen LogP contribution is -2.46. The van der Waals surface area contributed by atoms with Gasteiger partial charge in [-0.3, -0.25) is 9.59 Å². The summed E-state index contributed by atoms with van der Waals surface area (Å²) in [4.78, 5) is 26.1. The molecule has 2 aliphatic heterocycles. The second-order valence-electron chi connectivity index (χ2n) is 6.43. The molecule has 0 aromatic heterocycles. The van der Waals surface area contributed by atoms with Gasteiger partial charge in [0.1, 0.15) is 18.4 Å². The molecule has 1 fully saturated rings. The zero-order valence-electron chi connectivity index (χ0n) is 14.1. The molecule has 0 bridgehead atoms. The summed E-state index contributed by atoms with van der Waals surface area (Å²) in [5.74, 6) is 0.776. The van der Waals surface area contributed by atoms with Gasteiger partial charge in [0.2, 0.25) is 11.8 Å². The number of amides is 2. The number of likely N-dealkylation sites (tertiary alicyclic amines) is 1. The highest BCUT2D eigenvalue weighted by Crippen LogP contribution is 2.28. The maximum absolute atomic E-state index is 12.2. The average Bonchev–Trinajstić information content (AvgIpc) is 3.13. The van der Waals surface area contributed by atoms with Gasteiger partial charge < -0.3 is 20.3 Å². The lowest BCUT2D eigenvalue weighted by molar-refractivity contribution is -0.135. The molecule has 3 rings (SSSR count). The van der Waals surface area contributed by atoms with Gasteiger partial charge in [0.25, 0.3) is 0 Å². The van der Waals surface area contributed by atoms with Crippen molar-refractivity contribution >= 4 is 17.5 Å². The van der Waals surface area contributed by atoms with Crippen molar-refractivity contribution in [1.82, 2.24) is 10.2 Å². The van der Waals surface area contributed by atoms with Gasteiger partial charge in [-0.2, -0.15) is 0 Å². The van der Waals surface area contributed by atoms with Crippen molar-refractivity contribution < 1.29 is 14.3 Å². The minimum Gasteiger partial charge on any atom is -0.490 e. The predicted octanol–water partition coefficient (Wildman–Crippen LogP) is 1.55. The number of rotatable bonds is 5. The molecule has 24 heavy (non-hydrogen) atoms. The summed E-state index contributed by atoms with van der Waals surface area (Å²) in [7, 11) is 0. The quantitative estimate of drug-likeness (QED) is 0.859. The molecule has 0 spiro atoms. The van der Waals surface area contributed by atoms with Crippen molar-refractivity contribution in [3.05, 3.63) is 23.8 Å². The van der Waals surface area contributed by atoms with Gasteiger partial charge >= 0.3 is 0 Å². The number of ether oxygens (including phenoxy) is 1. The Morgan fingerprint density at radius 1 is 1.33 bits per heavy atom. The molecule has 1 unspecified atom stereocenters. The Hall–Kier alpha value is -2.24. The van der Waals surface area contributed by atoms with E-state index in [2.05, 4.69) is 10.6 Å². The third-order valence-corrected chi connectivity index (χ3v) is 4.53. The van der Waals surface area contributed by atoms with Crippen LogP contribution in [0.4, 0.5) is 5.69 Å². The number of nitrogens with one attached hydrogen (secondary N) is 2. The van der Waals surface area contributed by atoms with Crippen molar-refractivity contribution in [1.29, 1.82) is 0 Å². The number of hydrogen-bond acceptors (Lipinski definition) is 4. The van der Waals surface area contributed by atoms with E-state index in [1.54, 1.807) is 6.92 Å². The smallest absolute Gasteiger partial charge is 0.244 e. The van der Waals surface area contributed by atoms with E-state index >= 15 is 0 Å². The first-order chi connectivity index (χ1) is 11.6. The predicted molar refractivity (Wildman–Crippen MR) is 92.2 cm³/mol. The third-order valence-electron chi connectivity index (χ3n) is 4.53. The van der Waals surface area contributed by atoms with Crippen LogP contribution in [0.15, 0.2) is 18.2 Å². The first-order valence-corrected chi connectivity index (χ1v) is 8.71. The summed E-state index contributed by atoms with van der Waals surface area (Å²) in [6, 6.07) is 5.52. The zero-order valence-corrected chi connectivity index (χ0v) is 14.1. The van der Waals surface area contributed by atoms with Crippen LogP contribution in [0.3, 0.4) is 0 Å². The van der Waals surface area contributed by atoms with Gasteiger partial charge in [0, 0.05) is 26.1 Å². The minimum absolute atomic E-state index is 0.0223. The molecular weight excluding hydrogens is 306 g/mol. The number of benzene rings is 1. The molecule has 2 amide bonds. The Morgan fingerprint density at radius 3 is 2.92 bits per heavy atom. The van der Waals surface area contributed by atoms with Crippen LogP contribution >= 0.6 is 0 Å². The average molecular weight is 331 g/mol. The molecule has 0 radical (unpaired) electrons. The number of carbonyl (C=O) groups excluding carboxylic acids is 2. The number of nitrogens with zero attached hydrogens (tertiary/aromatic N) is 1. The first-order valence-electron chi connectivity index (χ1n) is 8.71. The lowest BCUT2D eigenvalue weighted by atomic mass is 10.1. The minimum atomic E-state index is -0.452. The number of fused-ring (bicyclic) bond motifs is 1. The van der Waals surface area contributed by atoms with E-state index in [1.807, 2.05) is 23.1 Å². The molecule has 2 N–H and O–H groups in total. The van der Waals surface area contributed by atoms with Crippen LogP contribution in [0.5, 0.6) is 5.75 Å². The van der Waals surface area contributed by atoms with Crippen molar-refractivity contribution in [3.8, 4) is 5.75 Å². The summed E-state index contributed by atoms with van der Waals surface area (Å²) >= 11 is 0. The fraction of sp³-hybridized carbons (Fsp3) is 0.556. The molecule has 1 saturated heterocycles. The molecule has 130 valence electrons. The summed E-state index contributed by atoms with van der Waals surface area (Å²) in [6.07, 6.45) is 3.11. The Labute approximate surface area is 142 Å². The topological polar surface area (TPSA) is 70.7 Å². The van der Waals surface area contributed by atoms with E-state index in [0.29, 0.717) is 19.4 Å². The highest BCUT2D eigenvalue weighted by atomic mass is 16.5. The first kappa shape index (κ1) is 16.6. The van der Waals surface area contributed by atoms with E-state index in [0.717, 1.165) is 49.5 Å². The molecule has 1 atom stereocenters. The summed E-state index contributed by atoms with van der Waals surface area (Å²) in [6.45, 7) is 4.85. The summed E-state index contributed by atoms with van der Waals surface area (Å²) < 4.78 is 5.61. The SMILES string of the molecule is CC(NC(=O)CCc1ccc2c(c1)OCCN2)C(=O)N1CCCC1. The van der Waals surface area contributed by atoms with Crippen LogP contribution in [0.25, 0.3) is 0 Å². The molecule has 0 aliphatic carbocycles. The Kier molecular flexibility index (Phi) is 5.23. The van der Waals surface area contributed by atoms with Crippen LogP contribution in [-0.2, 0) is 16.0 Å². The fourth-order valence-electron chi connectivity index (χ4n) is 3.18. The number of anilines is 1. The molecule has 6 nitrogen and oxygen atoms in total. The maximum atomic E-state index is 12.2. The largest absolute Gasteiger partial charge is 0.490 e. The Bertz CT molecular complexity index is 612. The third kappa shape index (κ3) is 3.99. The molecule has 0 saturated carbocycles. The fourth-order valence-corrected chi connectivity index (χ4v) is 3.18. The van der Waals surface area contributed by atoms with Gasteiger partial charge in [-0.15, -0.1) is 0 Å². The van der Waals surface area contributed by atoms with Crippen molar-refractivity contribution in [2.75, 3.05) is 31.6 Å². The molecule has 2 aliphatic rings. The standard InChI is InChI=1S/C18H25N3O3/c1-13(18(23)21-9-2-3-10-21)20-17(22)7-5-14-4-6-15-16(12-14)24-11-8-19-15/h4,6,12-13,19H,2-3,5,7-11H2,1H3,(H,20,22). The van der Waals surface area contributed by atoms with Crippen LogP contribution in [0.2, 0.25) is 0 Å².